The van der Waals surface area contributed by atoms with E-state index < -0.39 is 12.1 Å². The van der Waals surface area contributed by atoms with Gasteiger partial charge in [0.05, 0.1) is 0 Å². The molecule has 0 spiro atoms. The predicted molar refractivity (Wildman–Crippen MR) is 89.0 cm³/mol. The van der Waals surface area contributed by atoms with E-state index >= 15 is 0 Å². The summed E-state index contributed by atoms with van der Waals surface area (Å²) in [4.78, 5) is 27.2. The quantitative estimate of drug-likeness (QED) is 0.765. The van der Waals surface area contributed by atoms with Gasteiger partial charge in [0.2, 0.25) is 0 Å². The summed E-state index contributed by atoms with van der Waals surface area (Å²) in [6.45, 7) is 0.117. The van der Waals surface area contributed by atoms with Crippen LogP contribution in [-0.4, -0.2) is 22.2 Å². The van der Waals surface area contributed by atoms with Gasteiger partial charge in [0, 0.05) is 5.39 Å². The average molecular weight is 322 g/mol. The Bertz CT molecular complexity index is 894. The number of carboxylic acids is 1. The Morgan fingerprint density at radius 2 is 1.75 bits per heavy atom. The van der Waals surface area contributed by atoms with E-state index in [9.17, 15) is 14.7 Å². The molecule has 3 rings (SSSR count). The molecule has 0 aliphatic rings. The van der Waals surface area contributed by atoms with Crippen LogP contribution in [0.4, 0.5) is 10.6 Å². The molecule has 2 aromatic carbocycles. The number of fused-ring (bicyclic) bond motifs is 1. The molecule has 0 saturated heterocycles. The lowest BCUT2D eigenvalue weighted by molar-refractivity contribution is 0.0693. The molecule has 2 N–H and O–H groups in total. The summed E-state index contributed by atoms with van der Waals surface area (Å²) in [5.41, 5.74) is 0.733. The first kappa shape index (κ1) is 15.5. The lowest BCUT2D eigenvalue weighted by Gasteiger charge is -2.09. The summed E-state index contributed by atoms with van der Waals surface area (Å²) in [6.07, 6.45) is -0.696. The van der Waals surface area contributed by atoms with Crippen molar-refractivity contribution in [3.63, 3.8) is 0 Å². The highest BCUT2D eigenvalue weighted by molar-refractivity contribution is 6.03. The van der Waals surface area contributed by atoms with Gasteiger partial charge in [-0.15, -0.1) is 0 Å². The predicted octanol–water partition coefficient (Wildman–Crippen LogP) is 3.68. The molecule has 24 heavy (non-hydrogen) atoms. The summed E-state index contributed by atoms with van der Waals surface area (Å²) >= 11 is 0. The van der Waals surface area contributed by atoms with Crippen molar-refractivity contribution in [2.75, 3.05) is 5.32 Å². The highest BCUT2D eigenvalue weighted by atomic mass is 16.5. The van der Waals surface area contributed by atoms with Gasteiger partial charge >= 0.3 is 12.1 Å². The van der Waals surface area contributed by atoms with Gasteiger partial charge in [-0.25, -0.2) is 14.6 Å². The van der Waals surface area contributed by atoms with Crippen molar-refractivity contribution in [3.8, 4) is 0 Å². The largest absolute Gasteiger partial charge is 0.476 e. The maximum Gasteiger partial charge on any atom is 0.413 e. The molecule has 120 valence electrons. The van der Waals surface area contributed by atoms with E-state index in [0.29, 0.717) is 10.8 Å². The number of nitrogens with one attached hydrogen (secondary N) is 1. The highest BCUT2D eigenvalue weighted by Gasteiger charge is 2.14. The lowest BCUT2D eigenvalue weighted by atomic mass is 10.1. The number of carboxylic acid groups (broad SMARTS) is 1. The number of aromatic carboxylic acids is 1. The van der Waals surface area contributed by atoms with E-state index in [4.69, 9.17) is 4.74 Å². The molecule has 0 aliphatic heterocycles. The third-order valence-corrected chi connectivity index (χ3v) is 3.39. The zero-order valence-electron chi connectivity index (χ0n) is 12.6. The number of nitrogens with zero attached hydrogens (tertiary/aromatic N) is 1. The number of ether oxygens (including phenoxy) is 1. The fourth-order valence-corrected chi connectivity index (χ4v) is 2.29. The first-order valence-electron chi connectivity index (χ1n) is 7.24. The molecule has 0 bridgehead atoms. The number of pyridine rings is 1. The minimum atomic E-state index is -1.16. The highest BCUT2D eigenvalue weighted by Crippen LogP contribution is 2.21. The third-order valence-electron chi connectivity index (χ3n) is 3.39. The van der Waals surface area contributed by atoms with Crippen LogP contribution >= 0.6 is 0 Å². The van der Waals surface area contributed by atoms with Crippen LogP contribution < -0.4 is 5.32 Å². The molecule has 6 nitrogen and oxygen atoms in total. The molecule has 0 radical (unpaired) electrons. The van der Waals surface area contributed by atoms with Gasteiger partial charge in [0.25, 0.3) is 0 Å². The third kappa shape index (κ3) is 3.49. The van der Waals surface area contributed by atoms with Gasteiger partial charge < -0.3 is 9.84 Å². The molecular formula is C18H14N2O4. The second-order valence-electron chi connectivity index (χ2n) is 5.07. The van der Waals surface area contributed by atoms with Crippen molar-refractivity contribution in [2.24, 2.45) is 0 Å². The standard InChI is InChI=1S/C18H14N2O4/c21-17(22)16-14-9-5-4-8-13(14)10-15(19-16)20-18(23)24-11-12-6-2-1-3-7-12/h1-10H,11H2,(H,21,22)(H,19,20,23). The summed E-state index contributed by atoms with van der Waals surface area (Å²) in [6, 6.07) is 17.8. The maximum atomic E-state index is 11.9. The van der Waals surface area contributed by atoms with Gasteiger partial charge in [-0.2, -0.15) is 0 Å². The summed E-state index contributed by atoms with van der Waals surface area (Å²) < 4.78 is 5.11. The summed E-state index contributed by atoms with van der Waals surface area (Å²) in [5, 5.41) is 12.9. The maximum absolute atomic E-state index is 11.9. The van der Waals surface area contributed by atoms with Crippen LogP contribution in [0.1, 0.15) is 16.1 Å². The molecule has 0 saturated carbocycles. The number of hydrogen-bond donors (Lipinski definition) is 2. The molecule has 1 aromatic heterocycles. The first-order valence-corrected chi connectivity index (χ1v) is 7.24. The van der Waals surface area contributed by atoms with E-state index in [1.807, 2.05) is 30.3 Å². The van der Waals surface area contributed by atoms with Gasteiger partial charge in [-0.1, -0.05) is 54.6 Å². The van der Waals surface area contributed by atoms with E-state index in [0.717, 1.165) is 5.56 Å². The smallest absolute Gasteiger partial charge is 0.413 e. The van der Waals surface area contributed by atoms with E-state index in [2.05, 4.69) is 10.3 Å². The van der Waals surface area contributed by atoms with Crippen molar-refractivity contribution in [3.05, 3.63) is 71.9 Å². The Balaban J connectivity index is 1.77. The van der Waals surface area contributed by atoms with E-state index in [1.165, 1.54) is 0 Å². The Morgan fingerprint density at radius 3 is 2.50 bits per heavy atom. The van der Waals surface area contributed by atoms with Crippen LogP contribution in [0.15, 0.2) is 60.7 Å². The van der Waals surface area contributed by atoms with Crippen LogP contribution in [0.3, 0.4) is 0 Å². The molecule has 0 fully saturated rings. The Kier molecular flexibility index (Phi) is 4.38. The zero-order chi connectivity index (χ0) is 16.9. The second kappa shape index (κ2) is 6.78. The summed E-state index contributed by atoms with van der Waals surface area (Å²) in [7, 11) is 0. The topological polar surface area (TPSA) is 88.5 Å². The molecule has 0 unspecified atom stereocenters. The molecule has 6 heteroatoms. The Labute approximate surface area is 137 Å². The van der Waals surface area contributed by atoms with Crippen molar-refractivity contribution >= 4 is 28.7 Å². The monoisotopic (exact) mass is 322 g/mol. The number of carbonyl (C=O) groups is 2. The molecule has 3 aromatic rings. The van der Waals surface area contributed by atoms with Gasteiger partial charge in [0.15, 0.2) is 5.69 Å². The molecule has 0 atom stereocenters. The molecule has 0 aliphatic carbocycles. The van der Waals surface area contributed by atoms with Crippen molar-refractivity contribution < 1.29 is 19.4 Å². The van der Waals surface area contributed by atoms with E-state index in [-0.39, 0.29) is 18.1 Å². The number of amides is 1. The molecular weight excluding hydrogens is 308 g/mol. The fourth-order valence-electron chi connectivity index (χ4n) is 2.29. The van der Waals surface area contributed by atoms with Crippen LogP contribution in [-0.2, 0) is 11.3 Å². The van der Waals surface area contributed by atoms with Crippen molar-refractivity contribution in [1.29, 1.82) is 0 Å². The zero-order valence-corrected chi connectivity index (χ0v) is 12.6. The number of aromatic nitrogens is 1. The van der Waals surface area contributed by atoms with Crippen LogP contribution in [0.2, 0.25) is 0 Å². The normalized spacial score (nSPS) is 10.3. The summed E-state index contributed by atoms with van der Waals surface area (Å²) in [5.74, 6) is -1.03. The lowest BCUT2D eigenvalue weighted by Crippen LogP contribution is -2.15. The fraction of sp³-hybridized carbons (Fsp3) is 0.0556. The van der Waals surface area contributed by atoms with Crippen LogP contribution in [0.5, 0.6) is 0 Å². The number of anilines is 1. The van der Waals surface area contributed by atoms with E-state index in [1.54, 1.807) is 30.3 Å². The molecule has 1 heterocycles. The number of benzene rings is 2. The first-order chi connectivity index (χ1) is 11.6. The Hall–Kier alpha value is -3.41. The van der Waals surface area contributed by atoms with Crippen molar-refractivity contribution in [1.82, 2.24) is 4.98 Å². The van der Waals surface area contributed by atoms with Crippen LogP contribution in [0.25, 0.3) is 10.8 Å². The minimum Gasteiger partial charge on any atom is -0.476 e. The Morgan fingerprint density at radius 1 is 1.04 bits per heavy atom. The average Bonchev–Trinajstić information content (AvgIpc) is 2.60. The minimum absolute atomic E-state index is 0.117. The van der Waals surface area contributed by atoms with Gasteiger partial charge in [0.1, 0.15) is 12.4 Å². The second-order valence-corrected chi connectivity index (χ2v) is 5.07. The van der Waals surface area contributed by atoms with Gasteiger partial charge in [-0.3, -0.25) is 5.32 Å². The van der Waals surface area contributed by atoms with Gasteiger partial charge in [-0.05, 0) is 17.0 Å². The number of hydrogen-bond acceptors (Lipinski definition) is 4. The number of carbonyl (C=O) groups excluding carboxylic acids is 1. The molecule has 1 amide bonds. The van der Waals surface area contributed by atoms with Crippen molar-refractivity contribution in [2.45, 2.75) is 6.61 Å². The SMILES string of the molecule is O=C(Nc1cc2ccccc2c(C(=O)O)n1)OCc1ccccc1. The number of rotatable bonds is 4. The van der Waals surface area contributed by atoms with Crippen LogP contribution in [0, 0.1) is 0 Å².